The van der Waals surface area contributed by atoms with Gasteiger partial charge in [0, 0.05) is 11.3 Å². The van der Waals surface area contributed by atoms with Gasteiger partial charge in [0.05, 0.1) is 24.1 Å². The lowest BCUT2D eigenvalue weighted by molar-refractivity contribution is -0.125. The summed E-state index contributed by atoms with van der Waals surface area (Å²) in [6.45, 7) is 2.25. The highest BCUT2D eigenvalue weighted by molar-refractivity contribution is 7.92. The number of ether oxygens (including phenoxy) is 2. The molecule has 0 heterocycles. The number of carbonyl (C=O) groups excluding carboxylic acids is 2. The van der Waals surface area contributed by atoms with Crippen LogP contribution >= 0.6 is 0 Å². The van der Waals surface area contributed by atoms with Gasteiger partial charge >= 0.3 is 5.97 Å². The smallest absolute Gasteiger partial charge is 0.339 e. The molecule has 0 radical (unpaired) electrons. The van der Waals surface area contributed by atoms with Gasteiger partial charge in [-0.25, -0.2) is 13.2 Å². The number of benzene rings is 3. The Morgan fingerprint density at radius 3 is 2.33 bits per heavy atom. The molecule has 0 saturated carbocycles. The second-order valence-corrected chi connectivity index (χ2v) is 8.82. The molecule has 8 nitrogen and oxygen atoms in total. The van der Waals surface area contributed by atoms with Gasteiger partial charge in [0.1, 0.15) is 5.75 Å². The summed E-state index contributed by atoms with van der Waals surface area (Å²) >= 11 is 0. The van der Waals surface area contributed by atoms with Crippen molar-refractivity contribution in [1.29, 1.82) is 0 Å². The first-order chi connectivity index (χ1) is 15.8. The predicted molar refractivity (Wildman–Crippen MR) is 126 cm³/mol. The largest absolute Gasteiger partial charge is 0.492 e. The Kier molecular flexibility index (Phi) is 7.68. The van der Waals surface area contributed by atoms with Crippen molar-refractivity contribution in [2.45, 2.75) is 13.0 Å². The molecular formula is C24H24N2O6S. The number of amides is 1. The number of rotatable bonds is 9. The van der Waals surface area contributed by atoms with Crippen LogP contribution in [0.1, 0.15) is 28.9 Å². The number of esters is 1. The molecule has 3 aromatic carbocycles. The number of para-hydroxylation sites is 2. The van der Waals surface area contributed by atoms with Gasteiger partial charge in [0.2, 0.25) is 16.1 Å². The molecule has 0 saturated heterocycles. The van der Waals surface area contributed by atoms with Gasteiger partial charge in [-0.3, -0.25) is 9.52 Å². The molecule has 1 amide bonds. The highest BCUT2D eigenvalue weighted by Gasteiger charge is 2.26. The Morgan fingerprint density at radius 2 is 1.64 bits per heavy atom. The van der Waals surface area contributed by atoms with Crippen molar-refractivity contribution in [2.24, 2.45) is 0 Å². The van der Waals surface area contributed by atoms with E-state index in [0.717, 1.165) is 6.26 Å². The van der Waals surface area contributed by atoms with E-state index >= 15 is 0 Å². The van der Waals surface area contributed by atoms with Crippen molar-refractivity contribution in [1.82, 2.24) is 0 Å². The lowest BCUT2D eigenvalue weighted by atomic mass is 10.1. The van der Waals surface area contributed by atoms with Gasteiger partial charge in [-0.1, -0.05) is 48.5 Å². The number of anilines is 2. The molecule has 3 rings (SSSR count). The SMILES string of the molecule is CCOc1ccccc1NC(=O)[C@@H](OC(=O)c1cccc(NS(C)(=O)=O)c1)c1ccccc1. The van der Waals surface area contributed by atoms with E-state index in [2.05, 4.69) is 10.0 Å². The van der Waals surface area contributed by atoms with E-state index in [9.17, 15) is 18.0 Å². The molecule has 0 aromatic heterocycles. The molecule has 1 atom stereocenters. The third-order valence-corrected chi connectivity index (χ3v) is 5.02. The molecule has 3 aromatic rings. The Balaban J connectivity index is 1.86. The number of nitrogens with one attached hydrogen (secondary N) is 2. The minimum Gasteiger partial charge on any atom is -0.492 e. The summed E-state index contributed by atoms with van der Waals surface area (Å²) in [7, 11) is -3.52. The van der Waals surface area contributed by atoms with E-state index in [4.69, 9.17) is 9.47 Å². The van der Waals surface area contributed by atoms with E-state index in [1.165, 1.54) is 24.3 Å². The standard InChI is InChI=1S/C24H24N2O6S/c1-3-31-21-15-8-7-14-20(21)25-23(27)22(17-10-5-4-6-11-17)32-24(28)18-12-9-13-19(16-18)26-33(2,29)30/h4-16,22,26H,3H2,1-2H3,(H,25,27)/t22-/m0/s1. The molecule has 0 aliphatic carbocycles. The average molecular weight is 469 g/mol. The quantitative estimate of drug-likeness (QED) is 0.460. The molecule has 33 heavy (non-hydrogen) atoms. The molecule has 2 N–H and O–H groups in total. The van der Waals surface area contributed by atoms with Crippen LogP contribution < -0.4 is 14.8 Å². The van der Waals surface area contributed by atoms with E-state index in [0.29, 0.717) is 23.6 Å². The number of hydrogen-bond acceptors (Lipinski definition) is 6. The fourth-order valence-corrected chi connectivity index (χ4v) is 3.60. The summed E-state index contributed by atoms with van der Waals surface area (Å²) in [5.41, 5.74) is 1.22. The lowest BCUT2D eigenvalue weighted by Gasteiger charge is -2.19. The first kappa shape index (κ1) is 23.8. The van der Waals surface area contributed by atoms with E-state index in [1.54, 1.807) is 54.6 Å². The zero-order valence-corrected chi connectivity index (χ0v) is 19.0. The minimum absolute atomic E-state index is 0.0899. The summed E-state index contributed by atoms with van der Waals surface area (Å²) in [6, 6.07) is 21.4. The molecule has 0 spiro atoms. The van der Waals surface area contributed by atoms with Crippen molar-refractivity contribution in [3.8, 4) is 5.75 Å². The Bertz CT molecular complexity index is 1230. The summed E-state index contributed by atoms with van der Waals surface area (Å²) in [6.07, 6.45) is -0.242. The molecule has 0 unspecified atom stereocenters. The summed E-state index contributed by atoms with van der Waals surface area (Å²) in [4.78, 5) is 26.0. The summed E-state index contributed by atoms with van der Waals surface area (Å²) in [5.74, 6) is -0.854. The fraction of sp³-hybridized carbons (Fsp3) is 0.167. The van der Waals surface area contributed by atoms with E-state index < -0.39 is 28.0 Å². The minimum atomic E-state index is -3.52. The van der Waals surface area contributed by atoms with Gasteiger partial charge < -0.3 is 14.8 Å². The number of hydrogen-bond donors (Lipinski definition) is 2. The van der Waals surface area contributed by atoms with Gasteiger partial charge in [-0.15, -0.1) is 0 Å². The molecule has 0 fully saturated rings. The maximum atomic E-state index is 13.2. The monoisotopic (exact) mass is 468 g/mol. The summed E-state index contributed by atoms with van der Waals surface area (Å²) < 4.78 is 36.4. The maximum Gasteiger partial charge on any atom is 0.339 e. The Hall–Kier alpha value is -3.85. The highest BCUT2D eigenvalue weighted by atomic mass is 32.2. The van der Waals surface area contributed by atoms with Crippen molar-refractivity contribution in [3.63, 3.8) is 0 Å². The van der Waals surface area contributed by atoms with Gasteiger partial charge in [-0.05, 0) is 37.3 Å². The second-order valence-electron chi connectivity index (χ2n) is 7.07. The number of carbonyl (C=O) groups is 2. The molecule has 9 heteroatoms. The zero-order valence-electron chi connectivity index (χ0n) is 18.1. The first-order valence-electron chi connectivity index (χ1n) is 10.1. The zero-order chi connectivity index (χ0) is 23.8. The van der Waals surface area contributed by atoms with Gasteiger partial charge in [0.25, 0.3) is 5.91 Å². The van der Waals surface area contributed by atoms with Crippen LogP contribution in [0.5, 0.6) is 5.75 Å². The third-order valence-electron chi connectivity index (χ3n) is 4.41. The normalized spacial score (nSPS) is 11.8. The predicted octanol–water partition coefficient (Wildman–Crippen LogP) is 3.99. The molecule has 0 bridgehead atoms. The van der Waals surface area contributed by atoms with Crippen LogP contribution in [0, 0.1) is 0 Å². The van der Waals surface area contributed by atoms with Crippen LogP contribution in [0.3, 0.4) is 0 Å². The molecule has 0 aliphatic heterocycles. The molecule has 0 aliphatic rings. The average Bonchev–Trinajstić information content (AvgIpc) is 2.78. The first-order valence-corrected chi connectivity index (χ1v) is 12.0. The van der Waals surface area contributed by atoms with E-state index in [1.807, 2.05) is 6.92 Å². The van der Waals surface area contributed by atoms with Crippen molar-refractivity contribution in [2.75, 3.05) is 22.9 Å². The van der Waals surface area contributed by atoms with Crippen LogP contribution in [-0.2, 0) is 19.6 Å². The van der Waals surface area contributed by atoms with Crippen LogP contribution in [0.15, 0.2) is 78.9 Å². The van der Waals surface area contributed by atoms with Crippen LogP contribution in [0.4, 0.5) is 11.4 Å². The third kappa shape index (κ3) is 6.81. The van der Waals surface area contributed by atoms with Gasteiger partial charge in [-0.2, -0.15) is 0 Å². The molecule has 172 valence electrons. The Labute approximate surface area is 192 Å². The van der Waals surface area contributed by atoms with Crippen molar-refractivity contribution >= 4 is 33.3 Å². The lowest BCUT2D eigenvalue weighted by Crippen LogP contribution is -2.26. The summed E-state index contributed by atoms with van der Waals surface area (Å²) in [5, 5.41) is 2.76. The molecular weight excluding hydrogens is 444 g/mol. The maximum absolute atomic E-state index is 13.2. The van der Waals surface area contributed by atoms with Crippen LogP contribution in [0.2, 0.25) is 0 Å². The van der Waals surface area contributed by atoms with Crippen molar-refractivity contribution < 1.29 is 27.5 Å². The Morgan fingerprint density at radius 1 is 0.939 bits per heavy atom. The number of sulfonamides is 1. The van der Waals surface area contributed by atoms with Crippen LogP contribution in [0.25, 0.3) is 0 Å². The fourth-order valence-electron chi connectivity index (χ4n) is 3.05. The topological polar surface area (TPSA) is 111 Å². The van der Waals surface area contributed by atoms with Crippen LogP contribution in [-0.4, -0.2) is 33.2 Å². The van der Waals surface area contributed by atoms with E-state index in [-0.39, 0.29) is 11.3 Å². The van der Waals surface area contributed by atoms with Crippen molar-refractivity contribution in [3.05, 3.63) is 90.0 Å². The highest BCUT2D eigenvalue weighted by Crippen LogP contribution is 2.27. The second kappa shape index (κ2) is 10.6. The van der Waals surface area contributed by atoms with Gasteiger partial charge in [0.15, 0.2) is 0 Å².